The van der Waals surface area contributed by atoms with Crippen LogP contribution in [0.2, 0.25) is 0 Å². The molecule has 0 aliphatic rings. The highest BCUT2D eigenvalue weighted by molar-refractivity contribution is 7.14. The van der Waals surface area contributed by atoms with Crippen LogP contribution >= 0.6 is 11.3 Å². The SMILES string of the molecule is CCCOc1ccc(-c2csc(NC(=O)c3ccc(OCC)cc3)n2)cc1. The lowest BCUT2D eigenvalue weighted by molar-refractivity contribution is 0.102. The van der Waals surface area contributed by atoms with E-state index in [2.05, 4.69) is 17.2 Å². The fourth-order valence-corrected chi connectivity index (χ4v) is 3.16. The van der Waals surface area contributed by atoms with Crippen LogP contribution in [0.5, 0.6) is 11.5 Å². The molecule has 6 heteroatoms. The second-order valence-electron chi connectivity index (χ2n) is 5.82. The fraction of sp³-hybridized carbons (Fsp3) is 0.238. The fourth-order valence-electron chi connectivity index (χ4n) is 2.44. The quantitative estimate of drug-likeness (QED) is 0.578. The standard InChI is InChI=1S/C21H22N2O3S/c1-3-13-26-18-9-5-15(6-10-18)19-14-27-21(22-19)23-20(24)16-7-11-17(12-8-16)25-4-2/h5-12,14H,3-4,13H2,1-2H3,(H,22,23,24). The van der Waals surface area contributed by atoms with E-state index >= 15 is 0 Å². The summed E-state index contributed by atoms with van der Waals surface area (Å²) in [6.45, 7) is 5.30. The van der Waals surface area contributed by atoms with E-state index in [1.54, 1.807) is 24.3 Å². The lowest BCUT2D eigenvalue weighted by Crippen LogP contribution is -2.11. The second kappa shape index (κ2) is 9.19. The van der Waals surface area contributed by atoms with Crippen LogP contribution in [-0.4, -0.2) is 24.1 Å². The Morgan fingerprint density at radius 3 is 2.33 bits per heavy atom. The zero-order valence-corrected chi connectivity index (χ0v) is 16.2. The maximum atomic E-state index is 12.4. The average molecular weight is 382 g/mol. The molecule has 140 valence electrons. The maximum absolute atomic E-state index is 12.4. The number of aromatic nitrogens is 1. The molecular formula is C21H22N2O3S. The van der Waals surface area contributed by atoms with Crippen LogP contribution in [0.15, 0.2) is 53.9 Å². The van der Waals surface area contributed by atoms with Gasteiger partial charge in [0.1, 0.15) is 11.5 Å². The number of carbonyl (C=O) groups is 1. The van der Waals surface area contributed by atoms with Gasteiger partial charge in [-0.05, 0) is 61.9 Å². The Bertz CT molecular complexity index is 873. The van der Waals surface area contributed by atoms with Crippen LogP contribution in [0.4, 0.5) is 5.13 Å². The number of nitrogens with zero attached hydrogens (tertiary/aromatic N) is 1. The Morgan fingerprint density at radius 1 is 1.00 bits per heavy atom. The Labute approximate surface area is 163 Å². The van der Waals surface area contributed by atoms with E-state index in [0.29, 0.717) is 23.9 Å². The Kier molecular flexibility index (Phi) is 6.44. The molecule has 0 radical (unpaired) electrons. The number of benzene rings is 2. The van der Waals surface area contributed by atoms with Crippen molar-refractivity contribution in [2.24, 2.45) is 0 Å². The van der Waals surface area contributed by atoms with Gasteiger partial charge in [0.15, 0.2) is 5.13 Å². The molecule has 0 spiro atoms. The first-order chi connectivity index (χ1) is 13.2. The molecule has 1 heterocycles. The smallest absolute Gasteiger partial charge is 0.257 e. The number of anilines is 1. The highest BCUT2D eigenvalue weighted by Crippen LogP contribution is 2.27. The minimum Gasteiger partial charge on any atom is -0.494 e. The molecule has 1 aromatic heterocycles. The number of hydrogen-bond donors (Lipinski definition) is 1. The van der Waals surface area contributed by atoms with E-state index in [1.807, 2.05) is 36.6 Å². The zero-order chi connectivity index (χ0) is 19.1. The molecule has 0 saturated heterocycles. The average Bonchev–Trinajstić information content (AvgIpc) is 3.16. The zero-order valence-electron chi connectivity index (χ0n) is 15.4. The van der Waals surface area contributed by atoms with Gasteiger partial charge in [0.05, 0.1) is 18.9 Å². The first-order valence-corrected chi connectivity index (χ1v) is 9.80. The largest absolute Gasteiger partial charge is 0.494 e. The van der Waals surface area contributed by atoms with Crippen LogP contribution in [0, 0.1) is 0 Å². The third-order valence-electron chi connectivity index (χ3n) is 3.78. The first kappa shape index (κ1) is 18.9. The number of ether oxygens (including phenoxy) is 2. The highest BCUT2D eigenvalue weighted by atomic mass is 32.1. The third kappa shape index (κ3) is 5.08. The van der Waals surface area contributed by atoms with E-state index in [0.717, 1.165) is 29.2 Å². The lowest BCUT2D eigenvalue weighted by Gasteiger charge is -2.05. The molecule has 0 aliphatic heterocycles. The van der Waals surface area contributed by atoms with Crippen molar-refractivity contribution in [1.82, 2.24) is 4.98 Å². The molecule has 1 amide bonds. The molecular weight excluding hydrogens is 360 g/mol. The topological polar surface area (TPSA) is 60.5 Å². The number of nitrogens with one attached hydrogen (secondary N) is 1. The minimum absolute atomic E-state index is 0.192. The minimum atomic E-state index is -0.192. The van der Waals surface area contributed by atoms with Crippen LogP contribution in [0.25, 0.3) is 11.3 Å². The van der Waals surface area contributed by atoms with E-state index < -0.39 is 0 Å². The molecule has 0 saturated carbocycles. The van der Waals surface area contributed by atoms with E-state index in [-0.39, 0.29) is 5.91 Å². The van der Waals surface area contributed by atoms with E-state index in [9.17, 15) is 4.79 Å². The van der Waals surface area contributed by atoms with Crippen molar-refractivity contribution < 1.29 is 14.3 Å². The molecule has 0 unspecified atom stereocenters. The van der Waals surface area contributed by atoms with Crippen LogP contribution < -0.4 is 14.8 Å². The molecule has 27 heavy (non-hydrogen) atoms. The maximum Gasteiger partial charge on any atom is 0.257 e. The van der Waals surface area contributed by atoms with Gasteiger partial charge in [-0.1, -0.05) is 6.92 Å². The van der Waals surface area contributed by atoms with Crippen molar-refractivity contribution in [3.63, 3.8) is 0 Å². The molecule has 0 atom stereocenters. The summed E-state index contributed by atoms with van der Waals surface area (Å²) in [5.41, 5.74) is 2.37. The predicted octanol–water partition coefficient (Wildman–Crippen LogP) is 5.25. The molecule has 5 nitrogen and oxygen atoms in total. The van der Waals surface area contributed by atoms with Gasteiger partial charge in [0, 0.05) is 16.5 Å². The van der Waals surface area contributed by atoms with E-state index in [1.165, 1.54) is 11.3 Å². The van der Waals surface area contributed by atoms with Gasteiger partial charge >= 0.3 is 0 Å². The summed E-state index contributed by atoms with van der Waals surface area (Å²) in [5.74, 6) is 1.40. The summed E-state index contributed by atoms with van der Waals surface area (Å²) in [4.78, 5) is 16.9. The molecule has 0 bridgehead atoms. The van der Waals surface area contributed by atoms with Crippen molar-refractivity contribution in [1.29, 1.82) is 0 Å². The highest BCUT2D eigenvalue weighted by Gasteiger charge is 2.10. The normalized spacial score (nSPS) is 10.4. The van der Waals surface area contributed by atoms with Crippen LogP contribution in [0.1, 0.15) is 30.6 Å². The summed E-state index contributed by atoms with van der Waals surface area (Å²) in [6, 6.07) is 14.9. The number of rotatable bonds is 8. The molecule has 3 aromatic rings. The van der Waals surface area contributed by atoms with Crippen molar-refractivity contribution in [3.05, 3.63) is 59.5 Å². The third-order valence-corrected chi connectivity index (χ3v) is 4.53. The van der Waals surface area contributed by atoms with Gasteiger partial charge in [-0.3, -0.25) is 10.1 Å². The van der Waals surface area contributed by atoms with Gasteiger partial charge in [0.2, 0.25) is 0 Å². The number of amides is 1. The van der Waals surface area contributed by atoms with Crippen LogP contribution in [-0.2, 0) is 0 Å². The summed E-state index contributed by atoms with van der Waals surface area (Å²) < 4.78 is 11.0. The van der Waals surface area contributed by atoms with Crippen molar-refractivity contribution >= 4 is 22.4 Å². The Morgan fingerprint density at radius 2 is 1.67 bits per heavy atom. The molecule has 2 aromatic carbocycles. The summed E-state index contributed by atoms with van der Waals surface area (Å²) in [6.07, 6.45) is 0.977. The van der Waals surface area contributed by atoms with E-state index in [4.69, 9.17) is 9.47 Å². The van der Waals surface area contributed by atoms with Gasteiger partial charge in [-0.15, -0.1) is 11.3 Å². The lowest BCUT2D eigenvalue weighted by atomic mass is 10.2. The number of carbonyl (C=O) groups excluding carboxylic acids is 1. The molecule has 3 rings (SSSR count). The number of hydrogen-bond acceptors (Lipinski definition) is 5. The second-order valence-corrected chi connectivity index (χ2v) is 6.68. The Hall–Kier alpha value is -2.86. The van der Waals surface area contributed by atoms with Crippen molar-refractivity contribution in [3.8, 4) is 22.8 Å². The molecule has 1 N–H and O–H groups in total. The van der Waals surface area contributed by atoms with Crippen molar-refractivity contribution in [2.75, 3.05) is 18.5 Å². The van der Waals surface area contributed by atoms with Crippen molar-refractivity contribution in [2.45, 2.75) is 20.3 Å². The monoisotopic (exact) mass is 382 g/mol. The first-order valence-electron chi connectivity index (χ1n) is 8.92. The molecule has 0 aliphatic carbocycles. The number of thiazole rings is 1. The van der Waals surface area contributed by atoms with Gasteiger partial charge < -0.3 is 9.47 Å². The van der Waals surface area contributed by atoms with Gasteiger partial charge in [0.25, 0.3) is 5.91 Å². The predicted molar refractivity (Wildman–Crippen MR) is 109 cm³/mol. The van der Waals surface area contributed by atoms with Crippen LogP contribution in [0.3, 0.4) is 0 Å². The molecule has 0 fully saturated rings. The Balaban J connectivity index is 1.64. The van der Waals surface area contributed by atoms with Gasteiger partial charge in [-0.2, -0.15) is 0 Å². The van der Waals surface area contributed by atoms with Gasteiger partial charge in [-0.25, -0.2) is 4.98 Å². The summed E-state index contributed by atoms with van der Waals surface area (Å²) in [5, 5.41) is 5.33. The summed E-state index contributed by atoms with van der Waals surface area (Å²) >= 11 is 1.40. The summed E-state index contributed by atoms with van der Waals surface area (Å²) in [7, 11) is 0.